The van der Waals surface area contributed by atoms with Crippen LogP contribution in [0.25, 0.3) is 0 Å². The fourth-order valence-corrected chi connectivity index (χ4v) is 2.62. The van der Waals surface area contributed by atoms with Crippen molar-refractivity contribution in [2.24, 2.45) is 0 Å². The van der Waals surface area contributed by atoms with Gasteiger partial charge >= 0.3 is 0 Å². The van der Waals surface area contributed by atoms with E-state index in [0.29, 0.717) is 5.02 Å². The van der Waals surface area contributed by atoms with Crippen molar-refractivity contribution in [2.45, 2.75) is 18.4 Å². The molecule has 17 heavy (non-hydrogen) atoms. The predicted octanol–water partition coefficient (Wildman–Crippen LogP) is 4.21. The highest BCUT2D eigenvalue weighted by Crippen LogP contribution is 2.24. The Kier molecular flexibility index (Phi) is 4.07. The van der Waals surface area contributed by atoms with Crippen molar-refractivity contribution >= 4 is 23.4 Å². The molecule has 90 valence electrons. The minimum absolute atomic E-state index is 0.309. The van der Waals surface area contributed by atoms with Gasteiger partial charge < -0.3 is 4.52 Å². The van der Waals surface area contributed by atoms with E-state index in [0.717, 1.165) is 28.5 Å². The molecule has 0 N–H and O–H groups in total. The highest BCUT2D eigenvalue weighted by atomic mass is 35.5. The minimum atomic E-state index is -0.309. The summed E-state index contributed by atoms with van der Waals surface area (Å²) >= 11 is 7.59. The molecule has 0 fully saturated rings. The van der Waals surface area contributed by atoms with Gasteiger partial charge in [0.2, 0.25) is 0 Å². The highest BCUT2D eigenvalue weighted by molar-refractivity contribution is 7.97. The average Bonchev–Trinajstić information content (AvgIpc) is 2.68. The molecule has 5 heteroatoms. The van der Waals surface area contributed by atoms with Crippen molar-refractivity contribution in [2.75, 3.05) is 0 Å². The van der Waals surface area contributed by atoms with E-state index in [1.165, 1.54) is 12.1 Å². The number of nitrogens with zero attached hydrogens (tertiary/aromatic N) is 1. The number of hydrogen-bond donors (Lipinski definition) is 0. The summed E-state index contributed by atoms with van der Waals surface area (Å²) in [5.41, 5.74) is 1.84. The van der Waals surface area contributed by atoms with Gasteiger partial charge in [-0.25, -0.2) is 4.39 Å². The summed E-state index contributed by atoms with van der Waals surface area (Å²) in [7, 11) is 0. The molecule has 2 aromatic rings. The van der Waals surface area contributed by atoms with Gasteiger partial charge in [-0.2, -0.15) is 11.8 Å². The first-order chi connectivity index (χ1) is 8.15. The molecule has 0 radical (unpaired) electrons. The van der Waals surface area contributed by atoms with Crippen LogP contribution in [0.4, 0.5) is 4.39 Å². The molecule has 0 aliphatic rings. The average molecular weight is 272 g/mol. The van der Waals surface area contributed by atoms with Crippen LogP contribution in [0.15, 0.2) is 28.8 Å². The van der Waals surface area contributed by atoms with Gasteiger partial charge in [0.15, 0.2) is 0 Å². The Morgan fingerprint density at radius 2 is 2.18 bits per heavy atom. The maximum absolute atomic E-state index is 12.8. The zero-order valence-electron chi connectivity index (χ0n) is 9.24. The van der Waals surface area contributed by atoms with Gasteiger partial charge in [0, 0.05) is 22.6 Å². The monoisotopic (exact) mass is 271 g/mol. The Bertz CT molecular complexity index is 515. The Hall–Kier alpha value is -1.00. The quantitative estimate of drug-likeness (QED) is 0.833. The second-order valence-electron chi connectivity index (χ2n) is 3.66. The Labute approximate surface area is 108 Å². The third-order valence-corrected chi connectivity index (χ3v) is 3.57. The van der Waals surface area contributed by atoms with E-state index >= 15 is 0 Å². The van der Waals surface area contributed by atoms with Crippen LogP contribution < -0.4 is 0 Å². The first-order valence-electron chi connectivity index (χ1n) is 5.09. The van der Waals surface area contributed by atoms with Gasteiger partial charge in [-0.1, -0.05) is 22.8 Å². The van der Waals surface area contributed by atoms with Crippen LogP contribution in [0, 0.1) is 12.7 Å². The Morgan fingerprint density at radius 1 is 1.35 bits per heavy atom. The van der Waals surface area contributed by atoms with Crippen LogP contribution in [0.3, 0.4) is 0 Å². The molecule has 0 aliphatic carbocycles. The number of hydrogen-bond acceptors (Lipinski definition) is 3. The van der Waals surface area contributed by atoms with Crippen LogP contribution in [0.5, 0.6) is 0 Å². The number of aryl methyl sites for hydroxylation is 1. The number of benzene rings is 1. The van der Waals surface area contributed by atoms with Gasteiger partial charge in [-0.05, 0) is 24.6 Å². The van der Waals surface area contributed by atoms with Gasteiger partial charge in [-0.15, -0.1) is 0 Å². The summed E-state index contributed by atoms with van der Waals surface area (Å²) in [6.07, 6.45) is 0. The summed E-state index contributed by atoms with van der Waals surface area (Å²) < 4.78 is 17.8. The molecule has 1 aromatic heterocycles. The van der Waals surface area contributed by atoms with Crippen molar-refractivity contribution in [1.82, 2.24) is 5.16 Å². The van der Waals surface area contributed by atoms with E-state index in [-0.39, 0.29) is 5.82 Å². The molecule has 0 spiro atoms. The van der Waals surface area contributed by atoms with Crippen LogP contribution in [0.1, 0.15) is 17.0 Å². The molecule has 0 saturated carbocycles. The zero-order valence-corrected chi connectivity index (χ0v) is 10.8. The molecule has 0 bridgehead atoms. The number of rotatable bonds is 4. The molecule has 1 aromatic carbocycles. The summed E-state index contributed by atoms with van der Waals surface area (Å²) in [6, 6.07) is 6.36. The summed E-state index contributed by atoms with van der Waals surface area (Å²) in [4.78, 5) is 0. The topological polar surface area (TPSA) is 26.0 Å². The van der Waals surface area contributed by atoms with Crippen LogP contribution in [-0.4, -0.2) is 5.16 Å². The summed E-state index contributed by atoms with van der Waals surface area (Å²) in [5, 5.41) is 4.36. The molecule has 0 aliphatic heterocycles. The molecule has 0 atom stereocenters. The second kappa shape index (κ2) is 5.56. The van der Waals surface area contributed by atoms with Crippen molar-refractivity contribution in [3.05, 3.63) is 52.1 Å². The number of halogens is 2. The van der Waals surface area contributed by atoms with Crippen molar-refractivity contribution in [1.29, 1.82) is 0 Å². The largest absolute Gasteiger partial charge is 0.361 e. The van der Waals surface area contributed by atoms with Crippen LogP contribution in [-0.2, 0) is 11.5 Å². The lowest BCUT2D eigenvalue weighted by Crippen LogP contribution is -1.86. The first-order valence-corrected chi connectivity index (χ1v) is 6.62. The fraction of sp³-hybridized carbons (Fsp3) is 0.250. The first kappa shape index (κ1) is 12.5. The van der Waals surface area contributed by atoms with E-state index < -0.39 is 0 Å². The number of thioether (sulfide) groups is 1. The second-order valence-corrected chi connectivity index (χ2v) is 5.05. The Balaban J connectivity index is 1.90. The molecular formula is C12H11ClFNOS. The van der Waals surface area contributed by atoms with Gasteiger partial charge in [0.05, 0.1) is 5.69 Å². The van der Waals surface area contributed by atoms with E-state index in [4.69, 9.17) is 16.1 Å². The molecule has 1 heterocycles. The van der Waals surface area contributed by atoms with E-state index in [1.807, 2.05) is 13.0 Å². The zero-order chi connectivity index (χ0) is 12.3. The lowest BCUT2D eigenvalue weighted by molar-refractivity contribution is 0.393. The van der Waals surface area contributed by atoms with Crippen molar-refractivity contribution in [3.8, 4) is 0 Å². The summed E-state index contributed by atoms with van der Waals surface area (Å²) in [5.74, 6) is 1.98. The molecule has 0 unspecified atom stereocenters. The molecular weight excluding hydrogens is 261 g/mol. The highest BCUT2D eigenvalue weighted by Gasteiger charge is 2.04. The van der Waals surface area contributed by atoms with E-state index in [1.54, 1.807) is 17.8 Å². The van der Waals surface area contributed by atoms with Crippen LogP contribution >= 0.6 is 23.4 Å². The van der Waals surface area contributed by atoms with Crippen molar-refractivity contribution < 1.29 is 8.91 Å². The van der Waals surface area contributed by atoms with Gasteiger partial charge in [0.25, 0.3) is 0 Å². The molecule has 0 amide bonds. The molecule has 2 rings (SSSR count). The van der Waals surface area contributed by atoms with Gasteiger partial charge in [-0.3, -0.25) is 0 Å². The number of aromatic nitrogens is 1. The maximum Gasteiger partial charge on any atom is 0.133 e. The lowest BCUT2D eigenvalue weighted by Gasteiger charge is -2.03. The smallest absolute Gasteiger partial charge is 0.133 e. The lowest BCUT2D eigenvalue weighted by atomic mass is 10.2. The van der Waals surface area contributed by atoms with E-state index in [9.17, 15) is 4.39 Å². The van der Waals surface area contributed by atoms with Crippen LogP contribution in [0.2, 0.25) is 5.02 Å². The normalized spacial score (nSPS) is 10.8. The fourth-order valence-electron chi connectivity index (χ4n) is 1.39. The van der Waals surface area contributed by atoms with Crippen molar-refractivity contribution in [3.63, 3.8) is 0 Å². The Morgan fingerprint density at radius 3 is 2.82 bits per heavy atom. The standard InChI is InChI=1S/C12H11ClFNOS/c1-8-4-11(15-16-8)7-17-6-9-2-3-10(14)5-12(9)13/h2-5H,6-7H2,1H3. The van der Waals surface area contributed by atoms with E-state index in [2.05, 4.69) is 5.16 Å². The third-order valence-electron chi connectivity index (χ3n) is 2.20. The minimum Gasteiger partial charge on any atom is -0.361 e. The van der Waals surface area contributed by atoms with Gasteiger partial charge in [0.1, 0.15) is 11.6 Å². The summed E-state index contributed by atoms with van der Waals surface area (Å²) in [6.45, 7) is 1.86. The maximum atomic E-state index is 12.8. The SMILES string of the molecule is Cc1cc(CSCc2ccc(F)cc2Cl)no1. The third kappa shape index (κ3) is 3.48. The molecule has 2 nitrogen and oxygen atoms in total. The predicted molar refractivity (Wildman–Crippen MR) is 67.6 cm³/mol. The molecule has 0 saturated heterocycles.